The first-order valence-electron chi connectivity index (χ1n) is 9.62. The van der Waals surface area contributed by atoms with E-state index in [2.05, 4.69) is 17.4 Å². The van der Waals surface area contributed by atoms with Gasteiger partial charge in [-0.05, 0) is 48.9 Å². The molecule has 28 heavy (non-hydrogen) atoms. The van der Waals surface area contributed by atoms with Gasteiger partial charge in [-0.1, -0.05) is 48.5 Å². The molecule has 0 heterocycles. The van der Waals surface area contributed by atoms with Gasteiger partial charge in [0.25, 0.3) is 0 Å². The number of hydrogen-bond acceptors (Lipinski definition) is 3. The lowest BCUT2D eigenvalue weighted by Crippen LogP contribution is -2.35. The number of hydrogen-bond donors (Lipinski definition) is 1. The van der Waals surface area contributed by atoms with Crippen LogP contribution < -0.4 is 15.0 Å². The molecule has 4 heteroatoms. The van der Waals surface area contributed by atoms with Crippen LogP contribution in [0.4, 0.5) is 11.4 Å². The Kier molecular flexibility index (Phi) is 7.08. The van der Waals surface area contributed by atoms with Crippen LogP contribution >= 0.6 is 0 Å². The summed E-state index contributed by atoms with van der Waals surface area (Å²) >= 11 is 0. The summed E-state index contributed by atoms with van der Waals surface area (Å²) < 4.78 is 5.80. The van der Waals surface area contributed by atoms with Crippen molar-refractivity contribution in [2.45, 2.75) is 13.3 Å². The number of anilines is 2. The highest BCUT2D eigenvalue weighted by atomic mass is 16.5. The molecule has 4 nitrogen and oxygen atoms in total. The lowest BCUT2D eigenvalue weighted by Gasteiger charge is -2.21. The van der Waals surface area contributed by atoms with E-state index in [4.69, 9.17) is 4.74 Å². The van der Waals surface area contributed by atoms with Gasteiger partial charge in [-0.3, -0.25) is 4.79 Å². The summed E-state index contributed by atoms with van der Waals surface area (Å²) in [5, 5.41) is 3.19. The van der Waals surface area contributed by atoms with Crippen LogP contribution in [0.5, 0.6) is 5.75 Å². The van der Waals surface area contributed by atoms with E-state index in [0.717, 1.165) is 23.5 Å². The molecular weight excluding hydrogens is 348 g/mol. The Morgan fingerprint density at radius 2 is 1.54 bits per heavy atom. The molecule has 0 aliphatic rings. The van der Waals surface area contributed by atoms with E-state index in [9.17, 15) is 4.79 Å². The van der Waals surface area contributed by atoms with Crippen molar-refractivity contribution in [2.24, 2.45) is 0 Å². The predicted octanol–water partition coefficient (Wildman–Crippen LogP) is 4.77. The predicted molar refractivity (Wildman–Crippen MR) is 115 cm³/mol. The van der Waals surface area contributed by atoms with Crippen molar-refractivity contribution in [3.05, 3.63) is 90.5 Å². The topological polar surface area (TPSA) is 41.6 Å². The summed E-state index contributed by atoms with van der Waals surface area (Å²) in [6.45, 7) is 3.50. The van der Waals surface area contributed by atoms with Crippen LogP contribution in [0.15, 0.2) is 84.9 Å². The highest BCUT2D eigenvalue weighted by molar-refractivity contribution is 5.96. The number of para-hydroxylation sites is 1. The zero-order chi connectivity index (χ0) is 19.6. The third-order valence-corrected chi connectivity index (χ3v) is 4.49. The highest BCUT2D eigenvalue weighted by Gasteiger charge is 2.13. The molecule has 1 amide bonds. The van der Waals surface area contributed by atoms with Crippen LogP contribution in [0.3, 0.4) is 0 Å². The second kappa shape index (κ2) is 10.2. The molecule has 0 spiro atoms. The maximum Gasteiger partial charge on any atom is 0.246 e. The summed E-state index contributed by atoms with van der Waals surface area (Å²) in [6.07, 6.45) is 0.877. The van der Waals surface area contributed by atoms with Gasteiger partial charge in [0.1, 0.15) is 5.75 Å². The zero-order valence-electron chi connectivity index (χ0n) is 16.2. The summed E-state index contributed by atoms with van der Waals surface area (Å²) in [5.41, 5.74) is 3.07. The van der Waals surface area contributed by atoms with Crippen LogP contribution in [0.1, 0.15) is 12.5 Å². The number of amides is 1. The van der Waals surface area contributed by atoms with E-state index < -0.39 is 0 Å². The maximum absolute atomic E-state index is 12.5. The average Bonchev–Trinajstić information content (AvgIpc) is 2.75. The fraction of sp³-hybridized carbons (Fsp3) is 0.208. The van der Waals surface area contributed by atoms with Crippen molar-refractivity contribution in [2.75, 3.05) is 29.9 Å². The van der Waals surface area contributed by atoms with Gasteiger partial charge in [0.2, 0.25) is 5.91 Å². The minimum Gasteiger partial charge on any atom is -0.493 e. The monoisotopic (exact) mass is 374 g/mol. The Balaban J connectivity index is 1.46. The standard InChI is InChI=1S/C24H26N2O2/c1-2-26(22-11-7-4-8-12-22)24(27)19-25-21-13-15-23(16-14-21)28-18-17-20-9-5-3-6-10-20/h3-16,25H,2,17-19H2,1H3. The highest BCUT2D eigenvalue weighted by Crippen LogP contribution is 2.17. The average molecular weight is 374 g/mol. The van der Waals surface area contributed by atoms with Crippen LogP contribution in [-0.4, -0.2) is 25.6 Å². The molecule has 144 valence electrons. The number of benzene rings is 3. The molecule has 0 fully saturated rings. The van der Waals surface area contributed by atoms with Gasteiger partial charge in [-0.25, -0.2) is 0 Å². The molecule has 0 unspecified atom stereocenters. The van der Waals surface area contributed by atoms with Crippen molar-refractivity contribution in [1.29, 1.82) is 0 Å². The lowest BCUT2D eigenvalue weighted by molar-refractivity contribution is -0.116. The molecule has 0 bridgehead atoms. The van der Waals surface area contributed by atoms with Crippen molar-refractivity contribution in [1.82, 2.24) is 0 Å². The normalized spacial score (nSPS) is 10.3. The summed E-state index contributed by atoms with van der Waals surface area (Å²) in [6, 6.07) is 27.7. The van der Waals surface area contributed by atoms with Gasteiger partial charge in [0, 0.05) is 24.3 Å². The molecule has 3 aromatic rings. The molecule has 1 N–H and O–H groups in total. The Morgan fingerprint density at radius 3 is 2.18 bits per heavy atom. The van der Waals surface area contributed by atoms with Gasteiger partial charge in [0.15, 0.2) is 0 Å². The molecule has 0 aromatic heterocycles. The number of rotatable bonds is 9. The number of ether oxygens (including phenoxy) is 1. The summed E-state index contributed by atoms with van der Waals surface area (Å²) in [7, 11) is 0. The van der Waals surface area contributed by atoms with Crippen LogP contribution in [-0.2, 0) is 11.2 Å². The third-order valence-electron chi connectivity index (χ3n) is 4.49. The molecule has 3 rings (SSSR count). The fourth-order valence-corrected chi connectivity index (χ4v) is 2.98. The van der Waals surface area contributed by atoms with Crippen LogP contribution in [0.2, 0.25) is 0 Å². The minimum atomic E-state index is 0.0388. The quantitative estimate of drug-likeness (QED) is 0.586. The molecule has 0 radical (unpaired) electrons. The van der Waals surface area contributed by atoms with Gasteiger partial charge in [-0.15, -0.1) is 0 Å². The van der Waals surface area contributed by atoms with E-state index in [0.29, 0.717) is 13.2 Å². The van der Waals surface area contributed by atoms with E-state index in [-0.39, 0.29) is 12.5 Å². The zero-order valence-corrected chi connectivity index (χ0v) is 16.2. The molecule has 0 saturated heterocycles. The van der Waals surface area contributed by atoms with Crippen molar-refractivity contribution in [3.63, 3.8) is 0 Å². The first-order valence-corrected chi connectivity index (χ1v) is 9.62. The number of nitrogens with one attached hydrogen (secondary N) is 1. The van der Waals surface area contributed by atoms with E-state index in [1.807, 2.05) is 79.7 Å². The second-order valence-corrected chi connectivity index (χ2v) is 6.44. The van der Waals surface area contributed by atoms with Gasteiger partial charge in [0.05, 0.1) is 13.2 Å². The van der Waals surface area contributed by atoms with Crippen molar-refractivity contribution >= 4 is 17.3 Å². The number of carbonyl (C=O) groups is 1. The van der Waals surface area contributed by atoms with Gasteiger partial charge in [-0.2, -0.15) is 0 Å². The number of nitrogens with zero attached hydrogens (tertiary/aromatic N) is 1. The Labute approximate surface area is 166 Å². The van der Waals surface area contributed by atoms with Crippen LogP contribution in [0, 0.1) is 0 Å². The van der Waals surface area contributed by atoms with Gasteiger partial charge >= 0.3 is 0 Å². The Bertz CT molecular complexity index is 849. The van der Waals surface area contributed by atoms with Gasteiger partial charge < -0.3 is 15.0 Å². The lowest BCUT2D eigenvalue weighted by atomic mass is 10.2. The molecule has 0 atom stereocenters. The largest absolute Gasteiger partial charge is 0.493 e. The van der Waals surface area contributed by atoms with E-state index in [1.54, 1.807) is 4.90 Å². The molecule has 0 saturated carbocycles. The SMILES string of the molecule is CCN(C(=O)CNc1ccc(OCCc2ccccc2)cc1)c1ccccc1. The summed E-state index contributed by atoms with van der Waals surface area (Å²) in [4.78, 5) is 14.3. The Morgan fingerprint density at radius 1 is 0.893 bits per heavy atom. The number of likely N-dealkylation sites (N-methyl/N-ethyl adjacent to an activating group) is 1. The molecule has 0 aliphatic carbocycles. The van der Waals surface area contributed by atoms with E-state index >= 15 is 0 Å². The van der Waals surface area contributed by atoms with Crippen LogP contribution in [0.25, 0.3) is 0 Å². The Hall–Kier alpha value is -3.27. The maximum atomic E-state index is 12.5. The number of carbonyl (C=O) groups excluding carboxylic acids is 1. The third kappa shape index (κ3) is 5.61. The summed E-state index contributed by atoms with van der Waals surface area (Å²) in [5.74, 6) is 0.865. The molecular formula is C24H26N2O2. The smallest absolute Gasteiger partial charge is 0.246 e. The minimum absolute atomic E-state index is 0.0388. The first kappa shape index (κ1) is 19.5. The second-order valence-electron chi connectivity index (χ2n) is 6.44. The molecule has 3 aromatic carbocycles. The first-order chi connectivity index (χ1) is 13.8. The van der Waals surface area contributed by atoms with E-state index in [1.165, 1.54) is 5.56 Å². The molecule has 0 aliphatic heterocycles. The van der Waals surface area contributed by atoms with Crippen molar-refractivity contribution in [3.8, 4) is 5.75 Å². The van der Waals surface area contributed by atoms with Crippen molar-refractivity contribution < 1.29 is 9.53 Å². The fourth-order valence-electron chi connectivity index (χ4n) is 2.98.